The minimum atomic E-state index is -0.0990. The van der Waals surface area contributed by atoms with Crippen LogP contribution in [0.3, 0.4) is 0 Å². The quantitative estimate of drug-likeness (QED) is 0.901. The van der Waals surface area contributed by atoms with E-state index < -0.39 is 0 Å². The van der Waals surface area contributed by atoms with Gasteiger partial charge < -0.3 is 15.1 Å². The molecular weight excluding hydrogens is 312 g/mol. The fourth-order valence-corrected chi connectivity index (χ4v) is 3.31. The Bertz CT molecular complexity index is 703. The molecule has 0 bridgehead atoms. The molecule has 1 unspecified atom stereocenters. The maximum absolute atomic E-state index is 12.5. The molecule has 1 aliphatic heterocycles. The van der Waals surface area contributed by atoms with Gasteiger partial charge in [-0.2, -0.15) is 0 Å². The minimum Gasteiger partial charge on any atom is -0.450 e. The van der Waals surface area contributed by atoms with Crippen molar-refractivity contribution in [3.05, 3.63) is 34.6 Å². The van der Waals surface area contributed by atoms with E-state index in [1.807, 2.05) is 19.9 Å². The molecular formula is C18H25ClN2O2. The lowest BCUT2D eigenvalue weighted by Gasteiger charge is -2.22. The molecule has 4 nitrogen and oxygen atoms in total. The third-order valence-electron chi connectivity index (χ3n) is 4.64. The average molecular weight is 337 g/mol. The van der Waals surface area contributed by atoms with E-state index in [0.29, 0.717) is 18.2 Å². The molecule has 0 aliphatic carbocycles. The standard InChI is InChI=1S/C18H24N2O2.ClH/c1-11-6-7-12(2)16-15(11)13(3)17(22-16)18(21)20-10-14-5-4-8-19-9-14;/h6-7,14,19H,4-5,8-10H2,1-3H3,(H,20,21);1H. The predicted octanol–water partition coefficient (Wildman–Crippen LogP) is 3.51. The van der Waals surface area contributed by atoms with Crippen LogP contribution in [-0.2, 0) is 0 Å². The molecule has 1 aromatic carbocycles. The molecule has 0 radical (unpaired) electrons. The molecule has 23 heavy (non-hydrogen) atoms. The van der Waals surface area contributed by atoms with E-state index in [1.54, 1.807) is 0 Å². The van der Waals surface area contributed by atoms with Crippen LogP contribution in [0.4, 0.5) is 0 Å². The van der Waals surface area contributed by atoms with E-state index in [-0.39, 0.29) is 18.3 Å². The van der Waals surface area contributed by atoms with Gasteiger partial charge in [0.2, 0.25) is 0 Å². The fraction of sp³-hybridized carbons (Fsp3) is 0.500. The number of rotatable bonds is 3. The summed E-state index contributed by atoms with van der Waals surface area (Å²) in [5.74, 6) is 0.875. The van der Waals surface area contributed by atoms with E-state index in [4.69, 9.17) is 4.42 Å². The second kappa shape index (κ2) is 7.37. The number of hydrogen-bond donors (Lipinski definition) is 2. The molecule has 1 fully saturated rings. The van der Waals surface area contributed by atoms with Gasteiger partial charge in [-0.15, -0.1) is 12.4 Å². The number of piperidine rings is 1. The van der Waals surface area contributed by atoms with Crippen molar-refractivity contribution >= 4 is 29.3 Å². The molecule has 1 atom stereocenters. The molecule has 1 saturated heterocycles. The topological polar surface area (TPSA) is 54.3 Å². The highest BCUT2D eigenvalue weighted by Crippen LogP contribution is 2.30. The van der Waals surface area contributed by atoms with Crippen molar-refractivity contribution < 1.29 is 9.21 Å². The van der Waals surface area contributed by atoms with Gasteiger partial charge in [0.05, 0.1) is 0 Å². The van der Waals surface area contributed by atoms with Crippen LogP contribution in [-0.4, -0.2) is 25.5 Å². The lowest BCUT2D eigenvalue weighted by Crippen LogP contribution is -2.38. The Labute approximate surface area is 143 Å². The number of hydrogen-bond acceptors (Lipinski definition) is 3. The highest BCUT2D eigenvalue weighted by Gasteiger charge is 2.21. The SMILES string of the molecule is Cc1ccc(C)c2c(C)c(C(=O)NCC3CCCNC3)oc12.Cl. The Morgan fingerprint density at radius 3 is 2.70 bits per heavy atom. The van der Waals surface area contributed by atoms with E-state index in [9.17, 15) is 4.79 Å². The van der Waals surface area contributed by atoms with Gasteiger partial charge in [-0.25, -0.2) is 0 Å². The van der Waals surface area contributed by atoms with E-state index >= 15 is 0 Å². The summed E-state index contributed by atoms with van der Waals surface area (Å²) in [4.78, 5) is 12.5. The number of furan rings is 1. The van der Waals surface area contributed by atoms with Gasteiger partial charge in [0.15, 0.2) is 5.76 Å². The molecule has 2 aromatic rings. The summed E-state index contributed by atoms with van der Waals surface area (Å²) >= 11 is 0. The number of amides is 1. The van der Waals surface area contributed by atoms with Gasteiger partial charge >= 0.3 is 0 Å². The van der Waals surface area contributed by atoms with Gasteiger partial charge in [-0.3, -0.25) is 4.79 Å². The number of carbonyl (C=O) groups excluding carboxylic acids is 1. The predicted molar refractivity (Wildman–Crippen MR) is 95.6 cm³/mol. The van der Waals surface area contributed by atoms with Crippen molar-refractivity contribution in [3.63, 3.8) is 0 Å². The van der Waals surface area contributed by atoms with Crippen molar-refractivity contribution in [2.75, 3.05) is 19.6 Å². The van der Waals surface area contributed by atoms with Crippen LogP contribution >= 0.6 is 12.4 Å². The largest absolute Gasteiger partial charge is 0.450 e. The highest BCUT2D eigenvalue weighted by molar-refractivity contribution is 6.00. The first-order chi connectivity index (χ1) is 10.6. The van der Waals surface area contributed by atoms with Crippen LogP contribution in [0.15, 0.2) is 16.5 Å². The second-order valence-corrected chi connectivity index (χ2v) is 6.38. The van der Waals surface area contributed by atoms with E-state index in [0.717, 1.165) is 40.7 Å². The molecule has 126 valence electrons. The molecule has 1 aliphatic rings. The fourth-order valence-electron chi connectivity index (χ4n) is 3.31. The summed E-state index contributed by atoms with van der Waals surface area (Å²) in [5, 5.41) is 7.48. The van der Waals surface area contributed by atoms with Crippen LogP contribution in [0.2, 0.25) is 0 Å². The Morgan fingerprint density at radius 2 is 2.04 bits per heavy atom. The molecule has 2 heterocycles. The maximum atomic E-state index is 12.5. The Hall–Kier alpha value is -1.52. The highest BCUT2D eigenvalue weighted by atomic mass is 35.5. The van der Waals surface area contributed by atoms with Crippen LogP contribution in [0.1, 0.15) is 40.1 Å². The van der Waals surface area contributed by atoms with Crippen molar-refractivity contribution in [1.82, 2.24) is 10.6 Å². The summed E-state index contributed by atoms with van der Waals surface area (Å²) < 4.78 is 5.88. The minimum absolute atomic E-state index is 0. The molecule has 1 amide bonds. The first-order valence-corrected chi connectivity index (χ1v) is 8.06. The summed E-state index contributed by atoms with van der Waals surface area (Å²) in [6.45, 7) is 8.82. The zero-order valence-electron chi connectivity index (χ0n) is 14.0. The van der Waals surface area contributed by atoms with Crippen LogP contribution in [0, 0.1) is 26.7 Å². The average Bonchev–Trinajstić information content (AvgIpc) is 2.89. The Balaban J connectivity index is 0.00000192. The summed E-state index contributed by atoms with van der Waals surface area (Å²) in [6.07, 6.45) is 2.35. The molecule has 1 aromatic heterocycles. The van der Waals surface area contributed by atoms with Crippen molar-refractivity contribution in [1.29, 1.82) is 0 Å². The van der Waals surface area contributed by atoms with Crippen LogP contribution < -0.4 is 10.6 Å². The number of benzene rings is 1. The van der Waals surface area contributed by atoms with Gasteiger partial charge in [0.1, 0.15) is 5.58 Å². The molecule has 3 rings (SSSR count). The number of halogens is 1. The van der Waals surface area contributed by atoms with Gasteiger partial charge in [-0.1, -0.05) is 12.1 Å². The normalized spacial score (nSPS) is 17.8. The Morgan fingerprint density at radius 1 is 1.30 bits per heavy atom. The Kier molecular flexibility index (Phi) is 5.71. The summed E-state index contributed by atoms with van der Waals surface area (Å²) in [7, 11) is 0. The first kappa shape index (κ1) is 17.8. The number of fused-ring (bicyclic) bond motifs is 1. The number of carbonyl (C=O) groups is 1. The molecule has 0 saturated carbocycles. The first-order valence-electron chi connectivity index (χ1n) is 8.06. The molecule has 2 N–H and O–H groups in total. The zero-order valence-corrected chi connectivity index (χ0v) is 14.8. The van der Waals surface area contributed by atoms with Crippen LogP contribution in [0.5, 0.6) is 0 Å². The van der Waals surface area contributed by atoms with Crippen LogP contribution in [0.25, 0.3) is 11.0 Å². The van der Waals surface area contributed by atoms with Gasteiger partial charge in [-0.05, 0) is 63.7 Å². The number of nitrogens with one attached hydrogen (secondary N) is 2. The van der Waals surface area contributed by atoms with Crippen molar-refractivity contribution in [3.8, 4) is 0 Å². The molecule has 0 spiro atoms. The van der Waals surface area contributed by atoms with Crippen molar-refractivity contribution in [2.45, 2.75) is 33.6 Å². The monoisotopic (exact) mass is 336 g/mol. The van der Waals surface area contributed by atoms with Gasteiger partial charge in [0, 0.05) is 17.5 Å². The smallest absolute Gasteiger partial charge is 0.287 e. The van der Waals surface area contributed by atoms with Gasteiger partial charge in [0.25, 0.3) is 5.91 Å². The number of aryl methyl sites for hydroxylation is 3. The maximum Gasteiger partial charge on any atom is 0.287 e. The third kappa shape index (κ3) is 3.54. The van der Waals surface area contributed by atoms with E-state index in [2.05, 4.69) is 23.6 Å². The van der Waals surface area contributed by atoms with Crippen molar-refractivity contribution in [2.24, 2.45) is 5.92 Å². The van der Waals surface area contributed by atoms with E-state index in [1.165, 1.54) is 12.8 Å². The molecule has 5 heteroatoms. The lowest BCUT2D eigenvalue weighted by molar-refractivity contribution is 0.0918. The zero-order chi connectivity index (χ0) is 15.7. The summed E-state index contributed by atoms with van der Waals surface area (Å²) in [5.41, 5.74) is 3.99. The second-order valence-electron chi connectivity index (χ2n) is 6.38. The lowest BCUT2D eigenvalue weighted by atomic mass is 9.99. The summed E-state index contributed by atoms with van der Waals surface area (Å²) in [6, 6.07) is 4.12. The third-order valence-corrected chi connectivity index (χ3v) is 4.64.